The van der Waals surface area contributed by atoms with Gasteiger partial charge in [0.15, 0.2) is 11.5 Å². The van der Waals surface area contributed by atoms with E-state index in [9.17, 15) is 9.90 Å². The lowest BCUT2D eigenvalue weighted by Gasteiger charge is -2.05. The van der Waals surface area contributed by atoms with E-state index in [4.69, 9.17) is 4.74 Å². The first-order chi connectivity index (χ1) is 12.7. The fraction of sp³-hybridized carbons (Fsp3) is 0.105. The van der Waals surface area contributed by atoms with Crippen molar-refractivity contribution in [1.29, 1.82) is 0 Å². The van der Waals surface area contributed by atoms with Gasteiger partial charge in [0.1, 0.15) is 0 Å². The maximum atomic E-state index is 12.0. The molecule has 0 unspecified atom stereocenters. The van der Waals surface area contributed by atoms with Gasteiger partial charge in [0, 0.05) is 22.0 Å². The number of phenols is 1. The number of hydrogen-bond acceptors (Lipinski definition) is 6. The number of nitrogens with one attached hydrogen (secondary N) is 1. The Hall–Kier alpha value is -3.06. The number of thioether (sulfide) groups is 1. The molecule has 0 fully saturated rings. The number of phenolic OH excluding ortho intramolecular Hbond substituents is 1. The van der Waals surface area contributed by atoms with Gasteiger partial charge in [-0.2, -0.15) is 5.10 Å². The van der Waals surface area contributed by atoms with Crippen LogP contribution in [0.1, 0.15) is 5.56 Å². The summed E-state index contributed by atoms with van der Waals surface area (Å²) in [4.78, 5) is 17.3. The SMILES string of the molecule is COc1cccc(/C=N/NC(=O)CSc2cccc3cccnc23)c1O. The summed E-state index contributed by atoms with van der Waals surface area (Å²) in [7, 11) is 1.47. The number of amides is 1. The van der Waals surface area contributed by atoms with Gasteiger partial charge < -0.3 is 9.84 Å². The summed E-state index contributed by atoms with van der Waals surface area (Å²) in [5, 5.41) is 14.9. The van der Waals surface area contributed by atoms with Crippen LogP contribution in [-0.4, -0.2) is 35.1 Å². The number of para-hydroxylation sites is 2. The number of carbonyl (C=O) groups excluding carboxylic acids is 1. The van der Waals surface area contributed by atoms with Crippen molar-refractivity contribution in [3.8, 4) is 11.5 Å². The molecule has 7 heteroatoms. The van der Waals surface area contributed by atoms with Gasteiger partial charge in [-0.1, -0.05) is 24.3 Å². The van der Waals surface area contributed by atoms with Crippen molar-refractivity contribution in [3.63, 3.8) is 0 Å². The van der Waals surface area contributed by atoms with Crippen LogP contribution in [0.15, 0.2) is 64.7 Å². The topological polar surface area (TPSA) is 83.8 Å². The largest absolute Gasteiger partial charge is 0.504 e. The van der Waals surface area contributed by atoms with Crippen molar-refractivity contribution in [2.24, 2.45) is 5.10 Å². The van der Waals surface area contributed by atoms with Crippen LogP contribution in [0.2, 0.25) is 0 Å². The van der Waals surface area contributed by atoms with Crippen LogP contribution >= 0.6 is 11.8 Å². The zero-order valence-electron chi connectivity index (χ0n) is 14.0. The van der Waals surface area contributed by atoms with Gasteiger partial charge in [-0.15, -0.1) is 11.8 Å². The lowest BCUT2D eigenvalue weighted by molar-refractivity contribution is -0.118. The molecule has 0 aliphatic rings. The Morgan fingerprint density at radius 2 is 2.08 bits per heavy atom. The molecule has 26 heavy (non-hydrogen) atoms. The summed E-state index contributed by atoms with van der Waals surface area (Å²) in [6, 6.07) is 14.8. The second kappa shape index (κ2) is 8.35. The highest BCUT2D eigenvalue weighted by Crippen LogP contribution is 2.28. The second-order valence-corrected chi connectivity index (χ2v) is 6.33. The van der Waals surface area contributed by atoms with E-state index >= 15 is 0 Å². The first kappa shape index (κ1) is 17.8. The number of ether oxygens (including phenoxy) is 1. The molecule has 2 aromatic carbocycles. The molecular weight excluding hydrogens is 350 g/mol. The van der Waals surface area contributed by atoms with E-state index in [1.807, 2.05) is 30.3 Å². The van der Waals surface area contributed by atoms with Crippen LogP contribution < -0.4 is 10.2 Å². The molecular formula is C19H17N3O3S. The summed E-state index contributed by atoms with van der Waals surface area (Å²) in [5.74, 6) is 0.280. The number of rotatable bonds is 6. The Morgan fingerprint density at radius 1 is 1.27 bits per heavy atom. The Balaban J connectivity index is 1.59. The number of hydrogen-bond donors (Lipinski definition) is 2. The van der Waals surface area contributed by atoms with Crippen molar-refractivity contribution in [2.45, 2.75) is 4.90 Å². The lowest BCUT2D eigenvalue weighted by Crippen LogP contribution is -2.19. The predicted octanol–water partition coefficient (Wildman–Crippen LogP) is 3.19. The molecule has 2 N–H and O–H groups in total. The molecule has 1 amide bonds. The Labute approximate surface area is 154 Å². The lowest BCUT2D eigenvalue weighted by atomic mass is 10.2. The monoisotopic (exact) mass is 367 g/mol. The molecule has 0 bridgehead atoms. The minimum Gasteiger partial charge on any atom is -0.504 e. The van der Waals surface area contributed by atoms with Crippen LogP contribution in [-0.2, 0) is 4.79 Å². The number of carbonyl (C=O) groups is 1. The number of pyridine rings is 1. The van der Waals surface area contributed by atoms with Crippen molar-refractivity contribution in [1.82, 2.24) is 10.4 Å². The van der Waals surface area contributed by atoms with Gasteiger partial charge >= 0.3 is 0 Å². The standard InChI is InChI=1S/C19H17N3O3S/c1-25-15-8-2-6-14(19(15)24)11-21-22-17(23)12-26-16-9-3-5-13-7-4-10-20-18(13)16/h2-11,24H,12H2,1H3,(H,22,23)/b21-11+. The predicted molar refractivity (Wildman–Crippen MR) is 103 cm³/mol. The van der Waals surface area contributed by atoms with E-state index in [1.54, 1.807) is 24.4 Å². The fourth-order valence-corrected chi connectivity index (χ4v) is 3.18. The molecule has 0 saturated heterocycles. The number of nitrogens with zero attached hydrogens (tertiary/aromatic N) is 2. The normalized spacial score (nSPS) is 11.0. The number of aromatic hydroxyl groups is 1. The molecule has 0 spiro atoms. The maximum absolute atomic E-state index is 12.0. The van der Waals surface area contributed by atoms with Crippen LogP contribution in [0.3, 0.4) is 0 Å². The minimum absolute atomic E-state index is 0.0239. The number of fused-ring (bicyclic) bond motifs is 1. The van der Waals surface area contributed by atoms with Gasteiger partial charge in [-0.05, 0) is 24.3 Å². The van der Waals surface area contributed by atoms with E-state index < -0.39 is 0 Å². The molecule has 0 aliphatic heterocycles. The Morgan fingerprint density at radius 3 is 2.92 bits per heavy atom. The number of methoxy groups -OCH3 is 1. The highest BCUT2D eigenvalue weighted by molar-refractivity contribution is 8.00. The van der Waals surface area contributed by atoms with Gasteiger partial charge in [0.25, 0.3) is 0 Å². The molecule has 1 heterocycles. The molecule has 0 atom stereocenters. The molecule has 0 aliphatic carbocycles. The van der Waals surface area contributed by atoms with E-state index in [-0.39, 0.29) is 17.4 Å². The second-order valence-electron chi connectivity index (χ2n) is 5.31. The smallest absolute Gasteiger partial charge is 0.250 e. The van der Waals surface area contributed by atoms with Gasteiger partial charge in [0.05, 0.1) is 24.6 Å². The van der Waals surface area contributed by atoms with Gasteiger partial charge in [0.2, 0.25) is 5.91 Å². The number of hydrazone groups is 1. The molecule has 3 rings (SSSR count). The molecule has 3 aromatic rings. The third kappa shape index (κ3) is 4.12. The summed E-state index contributed by atoms with van der Waals surface area (Å²) >= 11 is 1.40. The minimum atomic E-state index is -0.249. The van der Waals surface area contributed by atoms with Crippen molar-refractivity contribution in [3.05, 3.63) is 60.3 Å². The molecule has 132 valence electrons. The van der Waals surface area contributed by atoms with Crippen molar-refractivity contribution in [2.75, 3.05) is 12.9 Å². The first-order valence-corrected chi connectivity index (χ1v) is 8.82. The van der Waals surface area contributed by atoms with Gasteiger partial charge in [-0.3, -0.25) is 9.78 Å². The van der Waals surface area contributed by atoms with Crippen molar-refractivity contribution < 1.29 is 14.6 Å². The summed E-state index contributed by atoms with van der Waals surface area (Å²) in [6.45, 7) is 0. The molecule has 6 nitrogen and oxygen atoms in total. The molecule has 1 aromatic heterocycles. The van der Waals surface area contributed by atoms with E-state index in [1.165, 1.54) is 25.1 Å². The van der Waals surface area contributed by atoms with Crippen LogP contribution in [0.4, 0.5) is 0 Å². The average molecular weight is 367 g/mol. The maximum Gasteiger partial charge on any atom is 0.250 e. The van der Waals surface area contributed by atoms with E-state index in [0.717, 1.165) is 15.8 Å². The van der Waals surface area contributed by atoms with E-state index in [2.05, 4.69) is 15.5 Å². The average Bonchev–Trinajstić information content (AvgIpc) is 2.67. The first-order valence-electron chi connectivity index (χ1n) is 7.83. The Kier molecular flexibility index (Phi) is 5.70. The third-order valence-corrected chi connectivity index (χ3v) is 4.64. The van der Waals surface area contributed by atoms with E-state index in [0.29, 0.717) is 11.3 Å². The number of benzene rings is 2. The highest BCUT2D eigenvalue weighted by Gasteiger charge is 2.07. The van der Waals surface area contributed by atoms with Crippen LogP contribution in [0.25, 0.3) is 10.9 Å². The highest BCUT2D eigenvalue weighted by atomic mass is 32.2. The molecule has 0 saturated carbocycles. The summed E-state index contributed by atoms with van der Waals surface area (Å²) in [5.41, 5.74) is 3.78. The number of aromatic nitrogens is 1. The Bertz CT molecular complexity index is 954. The van der Waals surface area contributed by atoms with Crippen LogP contribution in [0, 0.1) is 0 Å². The zero-order valence-corrected chi connectivity index (χ0v) is 14.9. The zero-order chi connectivity index (χ0) is 18.4. The summed E-state index contributed by atoms with van der Waals surface area (Å²) in [6.07, 6.45) is 3.11. The van der Waals surface area contributed by atoms with Crippen LogP contribution in [0.5, 0.6) is 11.5 Å². The molecule has 0 radical (unpaired) electrons. The summed E-state index contributed by atoms with van der Waals surface area (Å²) < 4.78 is 5.03. The van der Waals surface area contributed by atoms with Gasteiger partial charge in [-0.25, -0.2) is 5.43 Å². The van der Waals surface area contributed by atoms with Crippen molar-refractivity contribution >= 4 is 34.8 Å². The fourth-order valence-electron chi connectivity index (χ4n) is 2.35. The third-order valence-electron chi connectivity index (χ3n) is 3.60. The quantitative estimate of drug-likeness (QED) is 0.397.